The summed E-state index contributed by atoms with van der Waals surface area (Å²) in [6.07, 6.45) is -4.54. The van der Waals surface area contributed by atoms with Gasteiger partial charge in [-0.2, -0.15) is 17.5 Å². The maximum atomic E-state index is 12.7. The Morgan fingerprint density at radius 3 is 2.48 bits per heavy atom. The molecule has 0 saturated carbocycles. The molecule has 1 heterocycles. The van der Waals surface area contributed by atoms with Crippen LogP contribution in [-0.4, -0.2) is 69.6 Å². The van der Waals surface area contributed by atoms with E-state index in [9.17, 15) is 26.4 Å². The molecule has 0 spiro atoms. The fraction of sp³-hybridized carbons (Fsp3) is 0.500. The molecule has 1 saturated heterocycles. The number of halogens is 4. The zero-order valence-electron chi connectivity index (χ0n) is 13.2. The van der Waals surface area contributed by atoms with Crippen molar-refractivity contribution in [1.82, 2.24) is 9.21 Å². The molecule has 0 aliphatic carbocycles. The Hall–Kier alpha value is -1.17. The first-order chi connectivity index (χ1) is 11.5. The minimum absolute atomic E-state index is 0.137. The second kappa shape index (κ2) is 7.60. The molecule has 0 unspecified atom stereocenters. The molecule has 0 N–H and O–H groups in total. The van der Waals surface area contributed by atoms with Crippen LogP contribution in [0.25, 0.3) is 0 Å². The highest BCUT2D eigenvalue weighted by atomic mass is 79.9. The van der Waals surface area contributed by atoms with Gasteiger partial charge in [-0.05, 0) is 34.1 Å². The van der Waals surface area contributed by atoms with Crippen molar-refractivity contribution in [1.29, 1.82) is 0 Å². The van der Waals surface area contributed by atoms with Crippen molar-refractivity contribution >= 4 is 31.9 Å². The zero-order chi connectivity index (χ0) is 18.8. The van der Waals surface area contributed by atoms with E-state index in [2.05, 4.69) is 15.9 Å². The molecular weight excluding hydrogens is 429 g/mol. The average Bonchev–Trinajstić information content (AvgIpc) is 2.53. The Morgan fingerprint density at radius 2 is 1.92 bits per heavy atom. The minimum Gasteiger partial charge on any atom is -0.379 e. The van der Waals surface area contributed by atoms with Gasteiger partial charge in [0.1, 0.15) is 6.54 Å². The van der Waals surface area contributed by atoms with Crippen molar-refractivity contribution in [2.24, 2.45) is 0 Å². The van der Waals surface area contributed by atoms with Gasteiger partial charge in [-0.3, -0.25) is 4.79 Å². The van der Waals surface area contributed by atoms with Crippen molar-refractivity contribution in [3.05, 3.63) is 28.2 Å². The molecule has 1 aliphatic heterocycles. The van der Waals surface area contributed by atoms with E-state index in [1.165, 1.54) is 16.4 Å². The third-order valence-corrected chi connectivity index (χ3v) is 6.42. The number of hydrogen-bond donors (Lipinski definition) is 0. The van der Waals surface area contributed by atoms with E-state index in [-0.39, 0.29) is 41.2 Å². The van der Waals surface area contributed by atoms with Crippen LogP contribution in [0.3, 0.4) is 0 Å². The maximum absolute atomic E-state index is 12.7. The van der Waals surface area contributed by atoms with Crippen LogP contribution in [-0.2, 0) is 14.8 Å². The average molecular weight is 445 g/mol. The first-order valence-corrected chi connectivity index (χ1v) is 9.45. The smallest absolute Gasteiger partial charge is 0.379 e. The summed E-state index contributed by atoms with van der Waals surface area (Å²) in [5.74, 6) is -0.914. The molecule has 0 aromatic heterocycles. The van der Waals surface area contributed by atoms with Crippen LogP contribution in [0.5, 0.6) is 0 Å². The number of ether oxygens (including phenoxy) is 1. The summed E-state index contributed by atoms with van der Waals surface area (Å²) in [5.41, 5.74) is -0.137. The van der Waals surface area contributed by atoms with Crippen LogP contribution in [0.1, 0.15) is 10.4 Å². The van der Waals surface area contributed by atoms with E-state index >= 15 is 0 Å². The summed E-state index contributed by atoms with van der Waals surface area (Å²) in [6.45, 7) is -0.580. The van der Waals surface area contributed by atoms with Gasteiger partial charge in [0, 0.05) is 30.2 Å². The summed E-state index contributed by atoms with van der Waals surface area (Å²) >= 11 is 3.13. The number of sulfonamides is 1. The lowest BCUT2D eigenvalue weighted by Gasteiger charge is -2.26. The fourth-order valence-corrected chi connectivity index (χ4v) is 4.68. The van der Waals surface area contributed by atoms with Crippen LogP contribution in [0, 0.1) is 0 Å². The first-order valence-electron chi connectivity index (χ1n) is 7.22. The minimum atomic E-state index is -4.54. The Labute approximate surface area is 151 Å². The second-order valence-corrected chi connectivity index (χ2v) is 8.20. The van der Waals surface area contributed by atoms with Crippen LogP contribution < -0.4 is 0 Å². The fourth-order valence-electron chi connectivity index (χ4n) is 2.32. The zero-order valence-corrected chi connectivity index (χ0v) is 15.6. The van der Waals surface area contributed by atoms with Crippen molar-refractivity contribution in [2.45, 2.75) is 11.1 Å². The van der Waals surface area contributed by atoms with Gasteiger partial charge in [0.25, 0.3) is 5.91 Å². The molecule has 2 rings (SSSR count). The van der Waals surface area contributed by atoms with Crippen molar-refractivity contribution in [2.75, 3.05) is 39.9 Å². The van der Waals surface area contributed by atoms with Gasteiger partial charge < -0.3 is 9.64 Å². The summed E-state index contributed by atoms with van der Waals surface area (Å²) in [7, 11) is -2.89. The summed E-state index contributed by atoms with van der Waals surface area (Å²) in [6, 6.07) is 3.70. The van der Waals surface area contributed by atoms with Gasteiger partial charge in [0.05, 0.1) is 18.1 Å². The van der Waals surface area contributed by atoms with E-state index in [4.69, 9.17) is 4.74 Å². The van der Waals surface area contributed by atoms with Gasteiger partial charge in [-0.15, -0.1) is 0 Å². The number of alkyl halides is 3. The molecule has 1 amide bonds. The Balaban J connectivity index is 2.32. The van der Waals surface area contributed by atoms with E-state index in [1.807, 2.05) is 0 Å². The molecule has 0 radical (unpaired) electrons. The van der Waals surface area contributed by atoms with Crippen LogP contribution >= 0.6 is 15.9 Å². The van der Waals surface area contributed by atoms with Gasteiger partial charge >= 0.3 is 6.18 Å². The van der Waals surface area contributed by atoms with Crippen molar-refractivity contribution in [3.8, 4) is 0 Å². The molecule has 140 valence electrons. The lowest BCUT2D eigenvalue weighted by Crippen LogP contribution is -2.41. The number of amides is 1. The number of nitrogens with zero attached hydrogens (tertiary/aromatic N) is 2. The van der Waals surface area contributed by atoms with Crippen LogP contribution in [0.15, 0.2) is 27.6 Å². The number of carbonyl (C=O) groups is 1. The van der Waals surface area contributed by atoms with E-state index in [0.29, 0.717) is 4.90 Å². The first kappa shape index (κ1) is 20.1. The van der Waals surface area contributed by atoms with Gasteiger partial charge in [0.15, 0.2) is 0 Å². The third-order valence-electron chi connectivity index (χ3n) is 3.53. The normalized spacial score (nSPS) is 16.7. The van der Waals surface area contributed by atoms with Gasteiger partial charge in [0.2, 0.25) is 10.0 Å². The van der Waals surface area contributed by atoms with Gasteiger partial charge in [-0.25, -0.2) is 8.42 Å². The molecule has 1 fully saturated rings. The van der Waals surface area contributed by atoms with Crippen molar-refractivity contribution in [3.63, 3.8) is 0 Å². The Morgan fingerprint density at radius 1 is 1.32 bits per heavy atom. The van der Waals surface area contributed by atoms with Crippen LogP contribution in [0.4, 0.5) is 13.2 Å². The third kappa shape index (κ3) is 4.93. The molecule has 1 aromatic rings. The summed E-state index contributed by atoms with van der Waals surface area (Å²) in [4.78, 5) is 12.5. The number of morpholine rings is 1. The lowest BCUT2D eigenvalue weighted by atomic mass is 10.2. The van der Waals surface area contributed by atoms with E-state index in [1.54, 1.807) is 0 Å². The van der Waals surface area contributed by atoms with E-state index < -0.39 is 28.7 Å². The molecule has 1 aliphatic rings. The number of rotatable bonds is 4. The summed E-state index contributed by atoms with van der Waals surface area (Å²) in [5, 5.41) is 0. The highest BCUT2D eigenvalue weighted by Gasteiger charge is 2.33. The topological polar surface area (TPSA) is 66.9 Å². The molecule has 25 heavy (non-hydrogen) atoms. The molecule has 6 nitrogen and oxygen atoms in total. The highest BCUT2D eigenvalue weighted by Crippen LogP contribution is 2.27. The van der Waals surface area contributed by atoms with Gasteiger partial charge in [-0.1, -0.05) is 0 Å². The number of hydrogen-bond acceptors (Lipinski definition) is 4. The van der Waals surface area contributed by atoms with Crippen LogP contribution in [0.2, 0.25) is 0 Å². The quantitative estimate of drug-likeness (QED) is 0.713. The molecular formula is C14H16BrF3N2O4S. The highest BCUT2D eigenvalue weighted by molar-refractivity contribution is 9.10. The molecule has 0 atom stereocenters. The maximum Gasteiger partial charge on any atom is 0.406 e. The SMILES string of the molecule is CN(CC(F)(F)F)C(=O)c1ccc(Br)c(S(=O)(=O)N2CCOCC2)c1. The molecule has 11 heteroatoms. The molecule has 1 aromatic carbocycles. The predicted octanol–water partition coefficient (Wildman–Crippen LogP) is 2.10. The number of carbonyl (C=O) groups excluding carboxylic acids is 1. The lowest BCUT2D eigenvalue weighted by molar-refractivity contribution is -0.138. The second-order valence-electron chi connectivity index (χ2n) is 5.44. The standard InChI is InChI=1S/C14H16BrF3N2O4S/c1-19(9-14(16,17)18)13(21)10-2-3-11(15)12(8-10)25(22,23)20-4-6-24-7-5-20/h2-3,8H,4-7,9H2,1H3. The largest absolute Gasteiger partial charge is 0.406 e. The van der Waals surface area contributed by atoms with E-state index in [0.717, 1.165) is 13.1 Å². The number of benzene rings is 1. The molecule has 0 bridgehead atoms. The predicted molar refractivity (Wildman–Crippen MR) is 86.7 cm³/mol. The Kier molecular flexibility index (Phi) is 6.13. The summed E-state index contributed by atoms with van der Waals surface area (Å²) < 4.78 is 69.3. The van der Waals surface area contributed by atoms with Crippen molar-refractivity contribution < 1.29 is 31.1 Å². The monoisotopic (exact) mass is 444 g/mol. The Bertz CT molecular complexity index is 749.